The van der Waals surface area contributed by atoms with E-state index in [-0.39, 0.29) is 27.8 Å². The van der Waals surface area contributed by atoms with Gasteiger partial charge in [0.2, 0.25) is 0 Å². The first-order valence-electron chi connectivity index (χ1n) is 4.16. The summed E-state index contributed by atoms with van der Waals surface area (Å²) in [7, 11) is 0. The molecule has 0 saturated heterocycles. The van der Waals surface area contributed by atoms with Crippen molar-refractivity contribution in [2.75, 3.05) is 6.61 Å². The van der Waals surface area contributed by atoms with E-state index < -0.39 is 5.97 Å². The molecule has 0 aromatic heterocycles. The normalized spacial score (nSPS) is 9.47. The number of carbonyl (C=O) groups excluding carboxylic acids is 1. The van der Waals surface area contributed by atoms with Gasteiger partial charge in [-0.2, -0.15) is 5.26 Å². The minimum absolute atomic E-state index is 0.152. The zero-order valence-corrected chi connectivity index (χ0v) is 9.39. The minimum atomic E-state index is -0.560. The van der Waals surface area contributed by atoms with E-state index in [1.807, 2.05) is 6.07 Å². The number of halogens is 2. The summed E-state index contributed by atoms with van der Waals surface area (Å²) in [6.45, 7) is 1.94. The molecule has 78 valence electrons. The molecule has 0 aliphatic carbocycles. The second-order valence-corrected chi connectivity index (χ2v) is 3.46. The van der Waals surface area contributed by atoms with Crippen molar-refractivity contribution in [3.8, 4) is 6.07 Å². The molecule has 0 heterocycles. The van der Waals surface area contributed by atoms with Gasteiger partial charge in [-0.05, 0) is 19.1 Å². The lowest BCUT2D eigenvalue weighted by Crippen LogP contribution is -2.05. The van der Waals surface area contributed by atoms with Crippen molar-refractivity contribution in [2.45, 2.75) is 6.92 Å². The van der Waals surface area contributed by atoms with E-state index in [9.17, 15) is 4.79 Å². The van der Waals surface area contributed by atoms with Crippen LogP contribution in [0.15, 0.2) is 12.1 Å². The Labute approximate surface area is 97.2 Å². The number of rotatable bonds is 2. The lowest BCUT2D eigenvalue weighted by atomic mass is 10.1. The molecule has 0 bridgehead atoms. The van der Waals surface area contributed by atoms with Crippen LogP contribution in [0.4, 0.5) is 0 Å². The van der Waals surface area contributed by atoms with Crippen molar-refractivity contribution in [1.29, 1.82) is 5.26 Å². The predicted molar refractivity (Wildman–Crippen MR) is 57.1 cm³/mol. The molecule has 0 N–H and O–H groups in total. The van der Waals surface area contributed by atoms with Crippen LogP contribution in [0, 0.1) is 11.3 Å². The fraction of sp³-hybridized carbons (Fsp3) is 0.200. The van der Waals surface area contributed by atoms with E-state index in [1.54, 1.807) is 6.92 Å². The van der Waals surface area contributed by atoms with Gasteiger partial charge in [0.25, 0.3) is 0 Å². The molecule has 5 heteroatoms. The number of ether oxygens (including phenoxy) is 1. The molecule has 0 spiro atoms. The summed E-state index contributed by atoms with van der Waals surface area (Å²) in [4.78, 5) is 11.4. The van der Waals surface area contributed by atoms with Gasteiger partial charge in [0, 0.05) is 0 Å². The zero-order chi connectivity index (χ0) is 11.4. The quantitative estimate of drug-likeness (QED) is 0.751. The van der Waals surface area contributed by atoms with Gasteiger partial charge in [-0.25, -0.2) is 4.79 Å². The van der Waals surface area contributed by atoms with Crippen LogP contribution in [0.2, 0.25) is 10.0 Å². The Kier molecular flexibility index (Phi) is 3.96. The van der Waals surface area contributed by atoms with Gasteiger partial charge in [0.1, 0.15) is 6.07 Å². The first-order valence-corrected chi connectivity index (χ1v) is 4.92. The van der Waals surface area contributed by atoms with Crippen LogP contribution in [0.3, 0.4) is 0 Å². The van der Waals surface area contributed by atoms with Gasteiger partial charge >= 0.3 is 5.97 Å². The van der Waals surface area contributed by atoms with Crippen LogP contribution in [-0.2, 0) is 4.74 Å². The van der Waals surface area contributed by atoms with Crippen molar-refractivity contribution >= 4 is 29.2 Å². The van der Waals surface area contributed by atoms with Crippen LogP contribution in [0.5, 0.6) is 0 Å². The van der Waals surface area contributed by atoms with E-state index in [0.29, 0.717) is 0 Å². The maximum atomic E-state index is 11.4. The SMILES string of the molecule is CCOC(=O)c1cc(C#N)c(Cl)cc1Cl. The van der Waals surface area contributed by atoms with Crippen molar-refractivity contribution in [1.82, 2.24) is 0 Å². The molecular formula is C10H7Cl2NO2. The maximum Gasteiger partial charge on any atom is 0.339 e. The molecule has 0 radical (unpaired) electrons. The van der Waals surface area contributed by atoms with Crippen molar-refractivity contribution in [3.63, 3.8) is 0 Å². The van der Waals surface area contributed by atoms with E-state index in [2.05, 4.69) is 0 Å². The topological polar surface area (TPSA) is 50.1 Å². The molecule has 0 amide bonds. The summed E-state index contributed by atoms with van der Waals surface area (Å²) in [6, 6.07) is 4.54. The average Bonchev–Trinajstić information content (AvgIpc) is 2.18. The van der Waals surface area contributed by atoms with Crippen molar-refractivity contribution in [3.05, 3.63) is 33.3 Å². The Morgan fingerprint density at radius 3 is 2.67 bits per heavy atom. The Morgan fingerprint density at radius 2 is 2.13 bits per heavy atom. The summed E-state index contributed by atoms with van der Waals surface area (Å²) in [5.41, 5.74) is 0.351. The molecule has 1 aromatic carbocycles. The number of nitrogens with zero attached hydrogens (tertiary/aromatic N) is 1. The Morgan fingerprint density at radius 1 is 1.47 bits per heavy atom. The van der Waals surface area contributed by atoms with Gasteiger partial charge in [0.15, 0.2) is 0 Å². The zero-order valence-electron chi connectivity index (χ0n) is 7.88. The summed E-state index contributed by atoms with van der Waals surface area (Å²) in [5.74, 6) is -0.560. The molecule has 0 aliphatic heterocycles. The molecule has 1 rings (SSSR count). The molecule has 0 fully saturated rings. The van der Waals surface area contributed by atoms with Crippen LogP contribution in [0.1, 0.15) is 22.8 Å². The fourth-order valence-corrected chi connectivity index (χ4v) is 1.50. The monoisotopic (exact) mass is 243 g/mol. The summed E-state index contributed by atoms with van der Waals surface area (Å²) >= 11 is 11.5. The van der Waals surface area contributed by atoms with Gasteiger partial charge in [-0.1, -0.05) is 23.2 Å². The molecule has 0 unspecified atom stereocenters. The lowest BCUT2D eigenvalue weighted by Gasteiger charge is -2.05. The fourth-order valence-electron chi connectivity index (χ4n) is 1.000. The van der Waals surface area contributed by atoms with E-state index in [1.165, 1.54) is 12.1 Å². The van der Waals surface area contributed by atoms with Crippen LogP contribution < -0.4 is 0 Å². The minimum Gasteiger partial charge on any atom is -0.462 e. The van der Waals surface area contributed by atoms with E-state index >= 15 is 0 Å². The molecule has 0 saturated carbocycles. The van der Waals surface area contributed by atoms with E-state index in [0.717, 1.165) is 0 Å². The van der Waals surface area contributed by atoms with Crippen molar-refractivity contribution in [2.24, 2.45) is 0 Å². The molecular weight excluding hydrogens is 237 g/mol. The van der Waals surface area contributed by atoms with Crippen LogP contribution >= 0.6 is 23.2 Å². The van der Waals surface area contributed by atoms with Crippen LogP contribution in [-0.4, -0.2) is 12.6 Å². The van der Waals surface area contributed by atoms with Gasteiger partial charge in [-0.15, -0.1) is 0 Å². The van der Waals surface area contributed by atoms with Crippen LogP contribution in [0.25, 0.3) is 0 Å². The third kappa shape index (κ3) is 2.62. The number of nitriles is 1. The molecule has 0 aliphatic rings. The molecule has 1 aromatic rings. The largest absolute Gasteiger partial charge is 0.462 e. The highest BCUT2D eigenvalue weighted by Gasteiger charge is 2.14. The highest BCUT2D eigenvalue weighted by molar-refractivity contribution is 6.37. The second-order valence-electron chi connectivity index (χ2n) is 2.64. The summed E-state index contributed by atoms with van der Waals surface area (Å²) in [5, 5.41) is 9.11. The standard InChI is InChI=1S/C10H7Cl2NO2/c1-2-15-10(14)7-3-6(5-13)8(11)4-9(7)12/h3-4H,2H2,1H3. The average molecular weight is 244 g/mol. The Balaban J connectivity index is 3.20. The molecule has 0 atom stereocenters. The molecule has 15 heavy (non-hydrogen) atoms. The smallest absolute Gasteiger partial charge is 0.339 e. The Bertz CT molecular complexity index is 438. The highest BCUT2D eigenvalue weighted by Crippen LogP contribution is 2.25. The predicted octanol–water partition coefficient (Wildman–Crippen LogP) is 3.04. The number of hydrogen-bond acceptors (Lipinski definition) is 3. The summed E-state index contributed by atoms with van der Waals surface area (Å²) < 4.78 is 4.77. The van der Waals surface area contributed by atoms with Gasteiger partial charge < -0.3 is 4.74 Å². The first-order chi connectivity index (χ1) is 7.10. The second kappa shape index (κ2) is 5.01. The third-order valence-corrected chi connectivity index (χ3v) is 2.30. The number of carbonyl (C=O) groups is 1. The number of hydrogen-bond donors (Lipinski definition) is 0. The van der Waals surface area contributed by atoms with E-state index in [4.69, 9.17) is 33.2 Å². The number of esters is 1. The lowest BCUT2D eigenvalue weighted by molar-refractivity contribution is 0.0526. The summed E-state index contributed by atoms with van der Waals surface area (Å²) in [6.07, 6.45) is 0. The Hall–Kier alpha value is -1.24. The van der Waals surface area contributed by atoms with Gasteiger partial charge in [-0.3, -0.25) is 0 Å². The molecule has 3 nitrogen and oxygen atoms in total. The van der Waals surface area contributed by atoms with Crippen molar-refractivity contribution < 1.29 is 9.53 Å². The van der Waals surface area contributed by atoms with Gasteiger partial charge in [0.05, 0.1) is 27.8 Å². The maximum absolute atomic E-state index is 11.4. The highest BCUT2D eigenvalue weighted by atomic mass is 35.5. The first kappa shape index (κ1) is 11.8. The number of benzene rings is 1. The third-order valence-electron chi connectivity index (χ3n) is 1.67.